The average Bonchev–Trinajstić information content (AvgIpc) is 3.03. The quantitative estimate of drug-likeness (QED) is 0.744. The van der Waals surface area contributed by atoms with E-state index in [1.165, 1.54) is 49.8 Å². The molecule has 1 fully saturated rings. The Morgan fingerprint density at radius 2 is 2.05 bits per heavy atom. The van der Waals surface area contributed by atoms with Gasteiger partial charge in [-0.05, 0) is 42.9 Å². The highest BCUT2D eigenvalue weighted by molar-refractivity contribution is 6.31. The minimum atomic E-state index is 0.833. The van der Waals surface area contributed by atoms with Gasteiger partial charge in [-0.25, -0.2) is 4.98 Å². The third-order valence-corrected chi connectivity index (χ3v) is 5.17. The number of hydrogen-bond acceptors (Lipinski definition) is 1. The Morgan fingerprint density at radius 1 is 1.24 bits per heavy atom. The van der Waals surface area contributed by atoms with Crippen molar-refractivity contribution in [1.29, 1.82) is 0 Å². The number of aryl methyl sites for hydroxylation is 1. The monoisotopic (exact) mass is 302 g/mol. The van der Waals surface area contributed by atoms with Crippen molar-refractivity contribution in [1.82, 2.24) is 9.55 Å². The molecule has 0 unspecified atom stereocenters. The molecule has 0 amide bonds. The number of nitrogens with zero attached hydrogens (tertiary/aromatic N) is 2. The van der Waals surface area contributed by atoms with Gasteiger partial charge in [-0.1, -0.05) is 49.8 Å². The van der Waals surface area contributed by atoms with E-state index in [-0.39, 0.29) is 0 Å². The minimum Gasteiger partial charge on any atom is -0.306 e. The van der Waals surface area contributed by atoms with E-state index < -0.39 is 0 Å². The maximum Gasteiger partial charge on any atom is 0.0991 e. The summed E-state index contributed by atoms with van der Waals surface area (Å²) in [4.78, 5) is 4.18. The Kier molecular flexibility index (Phi) is 4.64. The predicted octanol–water partition coefficient (Wildman–Crippen LogP) is 5.35. The van der Waals surface area contributed by atoms with Crippen molar-refractivity contribution in [3.05, 3.63) is 47.0 Å². The first-order valence-corrected chi connectivity index (χ1v) is 8.40. The number of benzene rings is 1. The topological polar surface area (TPSA) is 17.8 Å². The molecule has 3 heteroatoms. The van der Waals surface area contributed by atoms with E-state index in [4.69, 9.17) is 11.6 Å². The summed E-state index contributed by atoms with van der Waals surface area (Å²) in [5, 5.41) is 0.833. The van der Waals surface area contributed by atoms with Gasteiger partial charge in [0.25, 0.3) is 0 Å². The molecule has 0 saturated heterocycles. The lowest BCUT2D eigenvalue weighted by atomic mass is 9.85. The molecule has 112 valence electrons. The number of aromatic nitrogens is 2. The zero-order chi connectivity index (χ0) is 14.7. The van der Waals surface area contributed by atoms with Gasteiger partial charge in [-0.3, -0.25) is 0 Å². The average molecular weight is 303 g/mol. The fraction of sp³-hybridized carbons (Fsp3) is 0.500. The molecule has 2 aromatic rings. The molecule has 0 radical (unpaired) electrons. The van der Waals surface area contributed by atoms with Crippen LogP contribution < -0.4 is 0 Å². The SMILES string of the molecule is Cc1c(Cl)ccc(CCC2CCCCC2)c1-n1ccnc1. The first-order valence-electron chi connectivity index (χ1n) is 8.02. The van der Waals surface area contributed by atoms with E-state index in [0.717, 1.165) is 22.9 Å². The highest BCUT2D eigenvalue weighted by Gasteiger charge is 2.16. The highest BCUT2D eigenvalue weighted by Crippen LogP contribution is 2.31. The maximum atomic E-state index is 6.32. The molecule has 21 heavy (non-hydrogen) atoms. The first-order chi connectivity index (χ1) is 10.3. The van der Waals surface area contributed by atoms with Crippen LogP contribution in [0.3, 0.4) is 0 Å². The second-order valence-electron chi connectivity index (χ2n) is 6.19. The van der Waals surface area contributed by atoms with Crippen molar-refractivity contribution in [3.63, 3.8) is 0 Å². The summed E-state index contributed by atoms with van der Waals surface area (Å²) in [6.07, 6.45) is 15.2. The third-order valence-electron chi connectivity index (χ3n) is 4.76. The smallest absolute Gasteiger partial charge is 0.0991 e. The van der Waals surface area contributed by atoms with Crippen LogP contribution in [0, 0.1) is 12.8 Å². The molecule has 1 aromatic heterocycles. The van der Waals surface area contributed by atoms with Crippen molar-refractivity contribution in [2.45, 2.75) is 51.9 Å². The van der Waals surface area contributed by atoms with E-state index in [1.807, 2.05) is 24.8 Å². The van der Waals surface area contributed by atoms with Crippen LogP contribution in [0.25, 0.3) is 5.69 Å². The summed E-state index contributed by atoms with van der Waals surface area (Å²) in [7, 11) is 0. The van der Waals surface area contributed by atoms with Gasteiger partial charge < -0.3 is 4.57 Å². The number of rotatable bonds is 4. The summed E-state index contributed by atoms with van der Waals surface area (Å²) >= 11 is 6.32. The molecule has 1 aromatic carbocycles. The molecule has 0 N–H and O–H groups in total. The maximum absolute atomic E-state index is 6.32. The minimum absolute atomic E-state index is 0.833. The summed E-state index contributed by atoms with van der Waals surface area (Å²) in [6, 6.07) is 4.22. The van der Waals surface area contributed by atoms with Gasteiger partial charge in [0.2, 0.25) is 0 Å². The lowest BCUT2D eigenvalue weighted by Crippen LogP contribution is -2.09. The fourth-order valence-corrected chi connectivity index (χ4v) is 3.67. The van der Waals surface area contributed by atoms with Crippen molar-refractivity contribution in [3.8, 4) is 5.69 Å². The number of hydrogen-bond donors (Lipinski definition) is 0. The Balaban J connectivity index is 1.82. The molecule has 3 rings (SSSR count). The standard InChI is InChI=1S/C18H23ClN2/c1-14-17(19)10-9-16(18(14)21-12-11-20-13-21)8-7-15-5-3-2-4-6-15/h9-13,15H,2-8H2,1H3. The Hall–Kier alpha value is -1.28. The molecule has 2 nitrogen and oxygen atoms in total. The fourth-order valence-electron chi connectivity index (χ4n) is 3.52. The van der Waals surface area contributed by atoms with Gasteiger partial charge >= 0.3 is 0 Å². The van der Waals surface area contributed by atoms with Crippen molar-refractivity contribution < 1.29 is 0 Å². The Bertz CT molecular complexity index is 584. The van der Waals surface area contributed by atoms with Gasteiger partial charge in [0.1, 0.15) is 0 Å². The zero-order valence-corrected chi connectivity index (χ0v) is 13.4. The lowest BCUT2D eigenvalue weighted by Gasteiger charge is -2.22. The van der Waals surface area contributed by atoms with Crippen LogP contribution in [-0.2, 0) is 6.42 Å². The Labute approximate surface area is 132 Å². The van der Waals surface area contributed by atoms with E-state index in [9.17, 15) is 0 Å². The number of halogens is 1. The van der Waals surface area contributed by atoms with Gasteiger partial charge in [0.15, 0.2) is 0 Å². The molecular weight excluding hydrogens is 280 g/mol. The third kappa shape index (κ3) is 3.32. The molecule has 1 aliphatic carbocycles. The Morgan fingerprint density at radius 3 is 2.76 bits per heavy atom. The van der Waals surface area contributed by atoms with E-state index in [2.05, 4.69) is 22.5 Å². The molecule has 1 saturated carbocycles. The normalized spacial score (nSPS) is 16.3. The molecule has 0 bridgehead atoms. The largest absolute Gasteiger partial charge is 0.306 e. The highest BCUT2D eigenvalue weighted by atomic mass is 35.5. The van der Waals surface area contributed by atoms with Crippen LogP contribution in [0.2, 0.25) is 5.02 Å². The molecule has 1 heterocycles. The van der Waals surface area contributed by atoms with Crippen LogP contribution in [0.4, 0.5) is 0 Å². The van der Waals surface area contributed by atoms with Gasteiger partial charge in [0.05, 0.1) is 12.0 Å². The molecule has 0 atom stereocenters. The second kappa shape index (κ2) is 6.65. The van der Waals surface area contributed by atoms with Crippen molar-refractivity contribution >= 4 is 11.6 Å². The van der Waals surface area contributed by atoms with Crippen LogP contribution in [0.15, 0.2) is 30.9 Å². The van der Waals surface area contributed by atoms with Crippen LogP contribution >= 0.6 is 11.6 Å². The van der Waals surface area contributed by atoms with Crippen LogP contribution in [0.5, 0.6) is 0 Å². The van der Waals surface area contributed by atoms with Crippen LogP contribution in [-0.4, -0.2) is 9.55 Å². The number of imidazole rings is 1. The second-order valence-corrected chi connectivity index (χ2v) is 6.60. The van der Waals surface area contributed by atoms with Crippen molar-refractivity contribution in [2.75, 3.05) is 0 Å². The van der Waals surface area contributed by atoms with Gasteiger partial charge in [-0.15, -0.1) is 0 Å². The van der Waals surface area contributed by atoms with Gasteiger partial charge in [-0.2, -0.15) is 0 Å². The molecular formula is C18H23ClN2. The predicted molar refractivity (Wildman–Crippen MR) is 88.2 cm³/mol. The summed E-state index contributed by atoms with van der Waals surface area (Å²) in [6.45, 7) is 2.10. The molecule has 1 aliphatic rings. The summed E-state index contributed by atoms with van der Waals surface area (Å²) in [5.41, 5.74) is 3.76. The summed E-state index contributed by atoms with van der Waals surface area (Å²) < 4.78 is 2.09. The van der Waals surface area contributed by atoms with Crippen LogP contribution in [0.1, 0.15) is 49.7 Å². The zero-order valence-electron chi connectivity index (χ0n) is 12.7. The van der Waals surface area contributed by atoms with E-state index in [1.54, 1.807) is 0 Å². The molecule has 0 spiro atoms. The summed E-state index contributed by atoms with van der Waals surface area (Å²) in [5.74, 6) is 0.908. The van der Waals surface area contributed by atoms with Crippen molar-refractivity contribution in [2.24, 2.45) is 5.92 Å². The first kappa shape index (κ1) is 14.6. The van der Waals surface area contributed by atoms with E-state index >= 15 is 0 Å². The van der Waals surface area contributed by atoms with E-state index in [0.29, 0.717) is 0 Å². The van der Waals surface area contributed by atoms with Gasteiger partial charge in [0, 0.05) is 17.4 Å². The molecule has 0 aliphatic heterocycles. The lowest BCUT2D eigenvalue weighted by molar-refractivity contribution is 0.339.